The zero-order valence-electron chi connectivity index (χ0n) is 6.64. The molecule has 0 saturated carbocycles. The summed E-state index contributed by atoms with van der Waals surface area (Å²) in [5.41, 5.74) is 1.72. The van der Waals surface area contributed by atoms with Crippen molar-refractivity contribution in [3.63, 3.8) is 0 Å². The number of aromatic nitrogens is 1. The molecule has 0 spiro atoms. The maximum atomic E-state index is 8.73. The number of hydrogen-bond donors (Lipinski definition) is 2. The van der Waals surface area contributed by atoms with Gasteiger partial charge in [-0.15, -0.1) is 0 Å². The second-order valence-corrected chi connectivity index (χ2v) is 2.70. The molecule has 0 saturated heterocycles. The minimum absolute atomic E-state index is 0.0452. The predicted octanol–water partition coefficient (Wildman–Crippen LogP) is 1.52. The number of nitrogens with zero attached hydrogens (tertiary/aromatic N) is 1. The summed E-state index contributed by atoms with van der Waals surface area (Å²) >= 11 is 4.03. The van der Waals surface area contributed by atoms with Crippen molar-refractivity contribution in [2.75, 3.05) is 5.75 Å². The van der Waals surface area contributed by atoms with Crippen LogP contribution in [0.3, 0.4) is 0 Å². The number of rotatable bonds is 3. The van der Waals surface area contributed by atoms with Crippen molar-refractivity contribution in [2.24, 2.45) is 0 Å². The van der Waals surface area contributed by atoms with Crippen molar-refractivity contribution in [3.8, 4) is 0 Å². The van der Waals surface area contributed by atoms with Crippen LogP contribution in [-0.4, -0.2) is 15.8 Å². The van der Waals surface area contributed by atoms with Gasteiger partial charge < -0.3 is 5.11 Å². The molecule has 1 N–H and O–H groups in total. The van der Waals surface area contributed by atoms with Gasteiger partial charge in [0, 0.05) is 11.9 Å². The highest BCUT2D eigenvalue weighted by molar-refractivity contribution is 7.80. The third-order valence-corrected chi connectivity index (χ3v) is 1.64. The first-order valence-corrected chi connectivity index (χ1v) is 4.33. The van der Waals surface area contributed by atoms with Crippen LogP contribution < -0.4 is 0 Å². The highest BCUT2D eigenvalue weighted by atomic mass is 32.1. The van der Waals surface area contributed by atoms with Gasteiger partial charge in [-0.3, -0.25) is 4.98 Å². The van der Waals surface area contributed by atoms with Gasteiger partial charge in [0.1, 0.15) is 0 Å². The molecule has 1 aromatic heterocycles. The number of aliphatic hydroxyl groups is 1. The molecule has 0 aliphatic heterocycles. The highest BCUT2D eigenvalue weighted by Gasteiger charge is 1.89. The molecule has 1 aromatic rings. The highest BCUT2D eigenvalue weighted by Crippen LogP contribution is 2.01. The van der Waals surface area contributed by atoms with Crippen molar-refractivity contribution in [2.45, 2.75) is 6.61 Å². The molecule has 0 amide bonds. The van der Waals surface area contributed by atoms with Crippen molar-refractivity contribution < 1.29 is 5.11 Å². The van der Waals surface area contributed by atoms with Crippen LogP contribution in [0.25, 0.3) is 6.08 Å². The van der Waals surface area contributed by atoms with Crippen LogP contribution >= 0.6 is 12.6 Å². The first-order chi connectivity index (χ1) is 5.86. The summed E-state index contributed by atoms with van der Waals surface area (Å²) in [4.78, 5) is 4.11. The molecule has 3 heteroatoms. The summed E-state index contributed by atoms with van der Waals surface area (Å²) in [6.07, 6.45) is 5.48. The minimum Gasteiger partial charge on any atom is -0.392 e. The van der Waals surface area contributed by atoms with E-state index in [2.05, 4.69) is 17.6 Å². The molecule has 0 fully saturated rings. The van der Waals surface area contributed by atoms with Crippen LogP contribution in [0.1, 0.15) is 11.3 Å². The lowest BCUT2D eigenvalue weighted by Gasteiger charge is -1.95. The molecule has 12 heavy (non-hydrogen) atoms. The van der Waals surface area contributed by atoms with E-state index in [1.54, 1.807) is 6.20 Å². The van der Waals surface area contributed by atoms with Gasteiger partial charge in [0.25, 0.3) is 0 Å². The van der Waals surface area contributed by atoms with E-state index in [0.717, 1.165) is 11.3 Å². The second-order valence-electron chi connectivity index (χ2n) is 2.33. The standard InChI is InChI=1S/C9H11NOS/c11-7-8-3-4-9(10-6-8)2-1-5-12/h1-4,6,11-12H,5,7H2. The van der Waals surface area contributed by atoms with Gasteiger partial charge in [0.15, 0.2) is 0 Å². The van der Waals surface area contributed by atoms with E-state index in [0.29, 0.717) is 5.75 Å². The van der Waals surface area contributed by atoms with Gasteiger partial charge in [-0.2, -0.15) is 12.6 Å². The van der Waals surface area contributed by atoms with E-state index >= 15 is 0 Å². The zero-order chi connectivity index (χ0) is 8.81. The Kier molecular flexibility index (Phi) is 3.84. The Labute approximate surface area is 77.4 Å². The number of hydrogen-bond acceptors (Lipinski definition) is 3. The van der Waals surface area contributed by atoms with Crippen LogP contribution in [0.5, 0.6) is 0 Å². The van der Waals surface area contributed by atoms with Gasteiger partial charge in [0.2, 0.25) is 0 Å². The van der Waals surface area contributed by atoms with Crippen LogP contribution in [0.2, 0.25) is 0 Å². The van der Waals surface area contributed by atoms with Gasteiger partial charge >= 0.3 is 0 Å². The lowest BCUT2D eigenvalue weighted by atomic mass is 10.2. The Balaban J connectivity index is 2.71. The Bertz CT molecular complexity index is 256. The average molecular weight is 181 g/mol. The van der Waals surface area contributed by atoms with E-state index in [1.165, 1.54) is 0 Å². The van der Waals surface area contributed by atoms with Crippen LogP contribution in [-0.2, 0) is 6.61 Å². The van der Waals surface area contributed by atoms with Gasteiger partial charge in [-0.1, -0.05) is 12.1 Å². The fourth-order valence-electron chi connectivity index (χ4n) is 0.802. The Morgan fingerprint density at radius 3 is 2.83 bits per heavy atom. The van der Waals surface area contributed by atoms with E-state index in [-0.39, 0.29) is 6.61 Å². The average Bonchev–Trinajstić information content (AvgIpc) is 2.15. The van der Waals surface area contributed by atoms with Crippen molar-refractivity contribution >= 4 is 18.7 Å². The molecule has 0 radical (unpaired) electrons. The monoisotopic (exact) mass is 181 g/mol. The van der Waals surface area contributed by atoms with E-state index in [9.17, 15) is 0 Å². The maximum absolute atomic E-state index is 8.73. The molecule has 1 heterocycles. The fraction of sp³-hybridized carbons (Fsp3) is 0.222. The predicted molar refractivity (Wildman–Crippen MR) is 53.0 cm³/mol. The largest absolute Gasteiger partial charge is 0.392 e. The van der Waals surface area contributed by atoms with Gasteiger partial charge in [-0.05, 0) is 17.7 Å². The van der Waals surface area contributed by atoms with E-state index in [1.807, 2.05) is 24.3 Å². The first kappa shape index (κ1) is 9.29. The van der Waals surface area contributed by atoms with Crippen LogP contribution in [0.15, 0.2) is 24.4 Å². The van der Waals surface area contributed by atoms with Crippen LogP contribution in [0.4, 0.5) is 0 Å². The fourth-order valence-corrected chi connectivity index (χ4v) is 0.907. The molecule has 0 aromatic carbocycles. The molecular weight excluding hydrogens is 170 g/mol. The minimum atomic E-state index is 0.0452. The van der Waals surface area contributed by atoms with Crippen molar-refractivity contribution in [3.05, 3.63) is 35.7 Å². The Hall–Kier alpha value is -0.800. The van der Waals surface area contributed by atoms with E-state index in [4.69, 9.17) is 5.11 Å². The molecule has 1 rings (SSSR count). The first-order valence-electron chi connectivity index (χ1n) is 3.70. The second kappa shape index (κ2) is 4.95. The summed E-state index contributed by atoms with van der Waals surface area (Å²) in [7, 11) is 0. The molecule has 0 atom stereocenters. The van der Waals surface area contributed by atoms with Crippen molar-refractivity contribution in [1.82, 2.24) is 4.98 Å². The molecule has 0 unspecified atom stereocenters. The van der Waals surface area contributed by atoms with Crippen LogP contribution in [0, 0.1) is 0 Å². The SMILES string of the molecule is OCc1ccc(C=CCS)nc1. The molecule has 0 aliphatic carbocycles. The lowest BCUT2D eigenvalue weighted by Crippen LogP contribution is -1.86. The number of thiol groups is 1. The number of aliphatic hydroxyl groups excluding tert-OH is 1. The number of pyridine rings is 1. The topological polar surface area (TPSA) is 33.1 Å². The summed E-state index contributed by atoms with van der Waals surface area (Å²) in [5.74, 6) is 0.712. The third kappa shape index (κ3) is 2.68. The summed E-state index contributed by atoms with van der Waals surface area (Å²) < 4.78 is 0. The zero-order valence-corrected chi connectivity index (χ0v) is 7.54. The third-order valence-electron chi connectivity index (χ3n) is 1.42. The maximum Gasteiger partial charge on any atom is 0.0696 e. The summed E-state index contributed by atoms with van der Waals surface area (Å²) in [6.45, 7) is 0.0452. The lowest BCUT2D eigenvalue weighted by molar-refractivity contribution is 0.281. The Morgan fingerprint density at radius 1 is 1.50 bits per heavy atom. The molecule has 64 valence electrons. The summed E-state index contributed by atoms with van der Waals surface area (Å²) in [5, 5.41) is 8.73. The molecular formula is C9H11NOS. The normalized spacial score (nSPS) is 10.8. The Morgan fingerprint density at radius 2 is 2.33 bits per heavy atom. The molecule has 0 bridgehead atoms. The van der Waals surface area contributed by atoms with E-state index < -0.39 is 0 Å². The van der Waals surface area contributed by atoms with Crippen molar-refractivity contribution in [1.29, 1.82) is 0 Å². The summed E-state index contributed by atoms with van der Waals surface area (Å²) in [6, 6.07) is 3.72. The van der Waals surface area contributed by atoms with Gasteiger partial charge in [-0.25, -0.2) is 0 Å². The quantitative estimate of drug-likeness (QED) is 0.693. The molecule has 2 nitrogen and oxygen atoms in total. The molecule has 0 aliphatic rings. The van der Waals surface area contributed by atoms with Gasteiger partial charge in [0.05, 0.1) is 12.3 Å². The smallest absolute Gasteiger partial charge is 0.0696 e.